The summed E-state index contributed by atoms with van der Waals surface area (Å²) in [5.41, 5.74) is 2.89. The number of hydrogen-bond donors (Lipinski definition) is 2. The lowest BCUT2D eigenvalue weighted by Gasteiger charge is -2.09. The smallest absolute Gasteiger partial charge is 0.143 e. The van der Waals surface area contributed by atoms with Crippen LogP contribution in [0, 0.1) is 11.3 Å². The first-order valence-electron chi connectivity index (χ1n) is 5.45. The number of nitrogens with zero attached hydrogens (tertiary/aromatic N) is 2. The van der Waals surface area contributed by atoms with Crippen molar-refractivity contribution in [3.8, 4) is 23.3 Å². The lowest BCUT2D eigenvalue weighted by molar-refractivity contribution is 0.409. The fraction of sp³-hybridized carbons (Fsp3) is 0.0769. The summed E-state index contributed by atoms with van der Waals surface area (Å²) in [4.78, 5) is 3.97. The van der Waals surface area contributed by atoms with Crippen LogP contribution in [0.5, 0.6) is 17.2 Å². The SMILES string of the molecule is COc1cc(C#N)cc(Oc2ccnc(NN)c2)c1. The van der Waals surface area contributed by atoms with Crippen LogP contribution in [0.25, 0.3) is 0 Å². The van der Waals surface area contributed by atoms with Crippen LogP contribution in [0.4, 0.5) is 5.82 Å². The molecule has 1 aromatic carbocycles. The maximum Gasteiger partial charge on any atom is 0.143 e. The van der Waals surface area contributed by atoms with Gasteiger partial charge in [0.25, 0.3) is 0 Å². The first kappa shape index (κ1) is 12.7. The van der Waals surface area contributed by atoms with Gasteiger partial charge in [0.2, 0.25) is 0 Å². The van der Waals surface area contributed by atoms with Gasteiger partial charge in [0.1, 0.15) is 23.1 Å². The van der Waals surface area contributed by atoms with Gasteiger partial charge in [0, 0.05) is 18.3 Å². The van der Waals surface area contributed by atoms with Gasteiger partial charge < -0.3 is 14.9 Å². The van der Waals surface area contributed by atoms with E-state index in [1.54, 1.807) is 36.5 Å². The molecule has 19 heavy (non-hydrogen) atoms. The molecule has 3 N–H and O–H groups in total. The Morgan fingerprint density at radius 1 is 1.21 bits per heavy atom. The van der Waals surface area contributed by atoms with Crippen LogP contribution in [0.15, 0.2) is 36.5 Å². The van der Waals surface area contributed by atoms with Gasteiger partial charge in [0.05, 0.1) is 18.7 Å². The molecule has 0 aliphatic carbocycles. The van der Waals surface area contributed by atoms with E-state index in [4.69, 9.17) is 20.6 Å². The second kappa shape index (κ2) is 5.71. The van der Waals surface area contributed by atoms with Crippen molar-refractivity contribution in [2.24, 2.45) is 5.84 Å². The molecule has 0 amide bonds. The van der Waals surface area contributed by atoms with E-state index in [-0.39, 0.29) is 0 Å². The number of benzene rings is 1. The maximum absolute atomic E-state index is 8.93. The lowest BCUT2D eigenvalue weighted by atomic mass is 10.2. The van der Waals surface area contributed by atoms with Crippen LogP contribution in [0.3, 0.4) is 0 Å². The Labute approximate surface area is 110 Å². The van der Waals surface area contributed by atoms with Crippen LogP contribution in [-0.4, -0.2) is 12.1 Å². The Morgan fingerprint density at radius 3 is 2.68 bits per heavy atom. The summed E-state index contributed by atoms with van der Waals surface area (Å²) in [5.74, 6) is 7.38. The topological polar surface area (TPSA) is 93.2 Å². The second-order valence-electron chi connectivity index (χ2n) is 3.63. The molecule has 0 fully saturated rings. The van der Waals surface area contributed by atoms with Gasteiger partial charge in [-0.2, -0.15) is 5.26 Å². The van der Waals surface area contributed by atoms with Crippen molar-refractivity contribution >= 4 is 5.82 Å². The number of nitrogens with two attached hydrogens (primary N) is 1. The largest absolute Gasteiger partial charge is 0.497 e. The Balaban J connectivity index is 2.29. The zero-order valence-electron chi connectivity index (χ0n) is 10.3. The van der Waals surface area contributed by atoms with Gasteiger partial charge in [-0.15, -0.1) is 0 Å². The standard InChI is InChI=1S/C13H12N4O2/c1-18-11-4-9(8-14)5-12(6-11)19-10-2-3-16-13(7-10)17-15/h2-7H,15H2,1H3,(H,16,17). The first-order valence-corrected chi connectivity index (χ1v) is 5.45. The second-order valence-corrected chi connectivity index (χ2v) is 3.63. The zero-order valence-corrected chi connectivity index (χ0v) is 10.3. The molecule has 0 radical (unpaired) electrons. The van der Waals surface area contributed by atoms with Crippen molar-refractivity contribution in [3.05, 3.63) is 42.1 Å². The Hall–Kier alpha value is -2.78. The Kier molecular flexibility index (Phi) is 3.81. The van der Waals surface area contributed by atoms with Crippen LogP contribution in [0.1, 0.15) is 5.56 Å². The van der Waals surface area contributed by atoms with Crippen LogP contribution < -0.4 is 20.7 Å². The minimum absolute atomic E-state index is 0.459. The van der Waals surface area contributed by atoms with E-state index in [1.165, 1.54) is 7.11 Å². The molecular formula is C13H12N4O2. The van der Waals surface area contributed by atoms with Gasteiger partial charge in [-0.25, -0.2) is 10.8 Å². The highest BCUT2D eigenvalue weighted by molar-refractivity contribution is 5.47. The quantitative estimate of drug-likeness (QED) is 0.642. The number of nitriles is 1. The zero-order chi connectivity index (χ0) is 13.7. The number of pyridine rings is 1. The highest BCUT2D eigenvalue weighted by Crippen LogP contribution is 2.27. The summed E-state index contributed by atoms with van der Waals surface area (Å²) in [7, 11) is 1.53. The number of nitrogen functional groups attached to an aromatic ring is 1. The fourth-order valence-electron chi connectivity index (χ4n) is 1.50. The number of nitrogens with one attached hydrogen (secondary N) is 1. The molecule has 96 valence electrons. The van der Waals surface area contributed by atoms with Crippen molar-refractivity contribution < 1.29 is 9.47 Å². The summed E-state index contributed by atoms with van der Waals surface area (Å²) >= 11 is 0. The molecule has 6 heteroatoms. The molecule has 1 aromatic heterocycles. The number of hydrazine groups is 1. The molecule has 2 aromatic rings. The van der Waals surface area contributed by atoms with E-state index in [2.05, 4.69) is 10.4 Å². The molecule has 0 spiro atoms. The van der Waals surface area contributed by atoms with Crippen molar-refractivity contribution in [2.45, 2.75) is 0 Å². The summed E-state index contributed by atoms with van der Waals surface area (Å²) in [6, 6.07) is 10.3. The van der Waals surface area contributed by atoms with Crippen molar-refractivity contribution in [1.29, 1.82) is 5.26 Å². The molecular weight excluding hydrogens is 244 g/mol. The van der Waals surface area contributed by atoms with E-state index in [0.29, 0.717) is 28.6 Å². The van der Waals surface area contributed by atoms with Gasteiger partial charge in [-0.05, 0) is 18.2 Å². The van der Waals surface area contributed by atoms with Crippen LogP contribution in [-0.2, 0) is 0 Å². The predicted molar refractivity (Wildman–Crippen MR) is 69.8 cm³/mol. The molecule has 0 bridgehead atoms. The third-order valence-electron chi connectivity index (χ3n) is 2.36. The van der Waals surface area contributed by atoms with E-state index in [0.717, 1.165) is 0 Å². The van der Waals surface area contributed by atoms with Crippen LogP contribution in [0.2, 0.25) is 0 Å². The van der Waals surface area contributed by atoms with E-state index < -0.39 is 0 Å². The molecule has 2 rings (SSSR count). The molecule has 0 aliphatic heterocycles. The predicted octanol–water partition coefficient (Wildman–Crippen LogP) is 2.04. The summed E-state index contributed by atoms with van der Waals surface area (Å²) < 4.78 is 10.7. The molecule has 0 saturated carbocycles. The summed E-state index contributed by atoms with van der Waals surface area (Å²) in [6.07, 6.45) is 1.57. The average molecular weight is 256 g/mol. The molecule has 6 nitrogen and oxygen atoms in total. The molecule has 1 heterocycles. The van der Waals surface area contributed by atoms with E-state index in [9.17, 15) is 0 Å². The number of hydrogen-bond acceptors (Lipinski definition) is 6. The maximum atomic E-state index is 8.93. The summed E-state index contributed by atoms with van der Waals surface area (Å²) in [5, 5.41) is 8.93. The third-order valence-corrected chi connectivity index (χ3v) is 2.36. The normalized spacial score (nSPS) is 9.53. The van der Waals surface area contributed by atoms with Gasteiger partial charge in [0.15, 0.2) is 0 Å². The Morgan fingerprint density at radius 2 is 2.00 bits per heavy atom. The van der Waals surface area contributed by atoms with Crippen molar-refractivity contribution in [1.82, 2.24) is 4.98 Å². The van der Waals surface area contributed by atoms with Gasteiger partial charge in [-0.1, -0.05) is 0 Å². The number of aromatic nitrogens is 1. The number of ether oxygens (including phenoxy) is 2. The number of methoxy groups -OCH3 is 1. The van der Waals surface area contributed by atoms with Crippen molar-refractivity contribution in [3.63, 3.8) is 0 Å². The monoisotopic (exact) mass is 256 g/mol. The molecule has 0 aliphatic rings. The molecule has 0 saturated heterocycles. The Bertz CT molecular complexity index is 622. The lowest BCUT2D eigenvalue weighted by Crippen LogP contribution is -2.08. The van der Waals surface area contributed by atoms with E-state index >= 15 is 0 Å². The highest BCUT2D eigenvalue weighted by atomic mass is 16.5. The minimum Gasteiger partial charge on any atom is -0.497 e. The van der Waals surface area contributed by atoms with Crippen molar-refractivity contribution in [2.75, 3.05) is 12.5 Å². The fourth-order valence-corrected chi connectivity index (χ4v) is 1.50. The van der Waals surface area contributed by atoms with Crippen LogP contribution >= 0.6 is 0 Å². The highest BCUT2D eigenvalue weighted by Gasteiger charge is 2.04. The third kappa shape index (κ3) is 3.12. The summed E-state index contributed by atoms with van der Waals surface area (Å²) in [6.45, 7) is 0. The van der Waals surface area contributed by atoms with E-state index in [1.807, 2.05) is 6.07 Å². The minimum atomic E-state index is 0.459. The molecule has 0 unspecified atom stereocenters. The van der Waals surface area contributed by atoms with Gasteiger partial charge in [-0.3, -0.25) is 0 Å². The average Bonchev–Trinajstić information content (AvgIpc) is 2.47. The first-order chi connectivity index (χ1) is 9.25. The van der Waals surface area contributed by atoms with Gasteiger partial charge >= 0.3 is 0 Å². The number of anilines is 1. The number of rotatable bonds is 4. The molecule has 0 atom stereocenters.